The minimum atomic E-state index is -0.508. The van der Waals surface area contributed by atoms with E-state index >= 15 is 0 Å². The molecule has 0 aliphatic heterocycles. The second-order valence-corrected chi connectivity index (χ2v) is 6.07. The highest BCUT2D eigenvalue weighted by Crippen LogP contribution is 2.40. The second kappa shape index (κ2) is 5.69. The van der Waals surface area contributed by atoms with Gasteiger partial charge in [-0.1, -0.05) is 12.2 Å². The predicted molar refractivity (Wildman–Crippen MR) is 93.8 cm³/mol. The van der Waals surface area contributed by atoms with Gasteiger partial charge in [-0.25, -0.2) is 24.9 Å². The average Bonchev–Trinajstić information content (AvgIpc) is 3.38. The van der Waals surface area contributed by atoms with Crippen molar-refractivity contribution in [3.8, 4) is 11.5 Å². The molecule has 1 aliphatic carbocycles. The Kier molecular flexibility index (Phi) is 3.21. The first-order chi connectivity index (χ1) is 12.9. The van der Waals surface area contributed by atoms with E-state index < -0.39 is 5.41 Å². The maximum absolute atomic E-state index is 4.51. The molecule has 0 atom stereocenters. The van der Waals surface area contributed by atoms with Gasteiger partial charge in [0.2, 0.25) is 0 Å². The molecule has 4 aromatic heterocycles. The SMILES string of the molecule is C1=CC(c2ccncn2)(c2ccncn2)Cc2[nH]nc(-c3ncc[nH]3)c21. The molecule has 126 valence electrons. The van der Waals surface area contributed by atoms with E-state index in [1.165, 1.54) is 0 Å². The Hall–Kier alpha value is -3.68. The second-order valence-electron chi connectivity index (χ2n) is 6.07. The third-order valence-corrected chi connectivity index (χ3v) is 4.67. The van der Waals surface area contributed by atoms with Crippen molar-refractivity contribution in [2.45, 2.75) is 11.8 Å². The number of allylic oxidation sites excluding steroid dienone is 1. The molecule has 0 amide bonds. The molecule has 4 heterocycles. The normalized spacial score (nSPS) is 14.9. The molecule has 0 saturated carbocycles. The summed E-state index contributed by atoms with van der Waals surface area (Å²) in [5.74, 6) is 0.740. The quantitative estimate of drug-likeness (QED) is 0.589. The first-order valence-corrected chi connectivity index (χ1v) is 8.16. The summed E-state index contributed by atoms with van der Waals surface area (Å²) < 4.78 is 0. The van der Waals surface area contributed by atoms with Crippen molar-refractivity contribution < 1.29 is 0 Å². The van der Waals surface area contributed by atoms with Crippen molar-refractivity contribution in [3.05, 3.63) is 78.3 Å². The molecule has 0 spiro atoms. The van der Waals surface area contributed by atoms with E-state index in [1.807, 2.05) is 12.1 Å². The molecular formula is C18H14N8. The molecule has 0 saturated heterocycles. The summed E-state index contributed by atoms with van der Waals surface area (Å²) in [6, 6.07) is 3.84. The molecule has 2 N–H and O–H groups in total. The first kappa shape index (κ1) is 14.6. The minimum absolute atomic E-state index is 0.508. The van der Waals surface area contributed by atoms with E-state index in [1.54, 1.807) is 37.4 Å². The van der Waals surface area contributed by atoms with Gasteiger partial charge in [0.15, 0.2) is 5.82 Å². The van der Waals surface area contributed by atoms with Crippen molar-refractivity contribution in [3.63, 3.8) is 0 Å². The Morgan fingerprint density at radius 2 is 1.69 bits per heavy atom. The third kappa shape index (κ3) is 2.16. The van der Waals surface area contributed by atoms with Crippen molar-refractivity contribution in [1.29, 1.82) is 0 Å². The van der Waals surface area contributed by atoms with Crippen LogP contribution in [0, 0.1) is 0 Å². The number of H-pyrrole nitrogens is 2. The van der Waals surface area contributed by atoms with E-state index in [0.717, 1.165) is 34.2 Å². The van der Waals surface area contributed by atoms with Crippen LogP contribution < -0.4 is 0 Å². The van der Waals surface area contributed by atoms with Crippen molar-refractivity contribution in [1.82, 2.24) is 40.1 Å². The van der Waals surface area contributed by atoms with Crippen LogP contribution in [0.25, 0.3) is 17.6 Å². The molecule has 8 nitrogen and oxygen atoms in total. The summed E-state index contributed by atoms with van der Waals surface area (Å²) in [6.07, 6.45) is 15.0. The molecule has 8 heteroatoms. The first-order valence-electron chi connectivity index (χ1n) is 8.16. The van der Waals surface area contributed by atoms with E-state index in [4.69, 9.17) is 0 Å². The topological polar surface area (TPSA) is 109 Å². The van der Waals surface area contributed by atoms with E-state index in [9.17, 15) is 0 Å². The number of fused-ring (bicyclic) bond motifs is 1. The smallest absolute Gasteiger partial charge is 0.158 e. The van der Waals surface area contributed by atoms with Gasteiger partial charge in [0.05, 0.1) is 16.8 Å². The molecule has 0 aromatic carbocycles. The Bertz CT molecular complexity index is 1010. The zero-order chi connectivity index (χ0) is 17.4. The predicted octanol–water partition coefficient (Wildman–Crippen LogP) is 1.94. The summed E-state index contributed by atoms with van der Waals surface area (Å²) in [4.78, 5) is 24.5. The lowest BCUT2D eigenvalue weighted by Crippen LogP contribution is -2.32. The van der Waals surface area contributed by atoms with Gasteiger partial charge >= 0.3 is 0 Å². The van der Waals surface area contributed by atoms with Gasteiger partial charge in [-0.2, -0.15) is 5.10 Å². The maximum atomic E-state index is 4.51. The fourth-order valence-corrected chi connectivity index (χ4v) is 3.43. The Labute approximate surface area is 148 Å². The Morgan fingerprint density at radius 1 is 0.923 bits per heavy atom. The van der Waals surface area contributed by atoms with E-state index in [0.29, 0.717) is 6.42 Å². The van der Waals surface area contributed by atoms with Gasteiger partial charge in [-0.15, -0.1) is 0 Å². The summed E-state index contributed by atoms with van der Waals surface area (Å²) >= 11 is 0. The number of rotatable bonds is 3. The summed E-state index contributed by atoms with van der Waals surface area (Å²) in [6.45, 7) is 0. The molecule has 1 aliphatic rings. The fraction of sp³-hybridized carbons (Fsp3) is 0.111. The maximum Gasteiger partial charge on any atom is 0.158 e. The number of hydrogen-bond donors (Lipinski definition) is 2. The van der Waals surface area contributed by atoms with Gasteiger partial charge in [0, 0.05) is 42.5 Å². The highest BCUT2D eigenvalue weighted by atomic mass is 15.1. The highest BCUT2D eigenvalue weighted by molar-refractivity contribution is 5.73. The standard InChI is InChI=1S/C18H14N8/c1-4-18(14-2-5-19-10-23-14,15-3-6-20-11-24-15)9-13-12(1)16(26-25-13)17-21-7-8-22-17/h1-8,10-11H,9H2,(H,21,22)(H,25,26). The monoisotopic (exact) mass is 342 g/mol. The Morgan fingerprint density at radius 3 is 2.31 bits per heavy atom. The summed E-state index contributed by atoms with van der Waals surface area (Å²) in [5.41, 5.74) is 4.09. The van der Waals surface area contributed by atoms with Crippen LogP contribution in [-0.2, 0) is 11.8 Å². The number of imidazole rings is 1. The molecule has 5 rings (SSSR count). The summed E-state index contributed by atoms with van der Waals surface area (Å²) in [5, 5.41) is 7.62. The molecule has 26 heavy (non-hydrogen) atoms. The zero-order valence-corrected chi connectivity index (χ0v) is 13.7. The third-order valence-electron chi connectivity index (χ3n) is 4.67. The number of aromatic amines is 2. The van der Waals surface area contributed by atoms with Gasteiger partial charge in [-0.05, 0) is 12.1 Å². The Balaban J connectivity index is 1.67. The highest BCUT2D eigenvalue weighted by Gasteiger charge is 2.39. The molecular weight excluding hydrogens is 328 g/mol. The van der Waals surface area contributed by atoms with Crippen LogP contribution in [0.5, 0.6) is 0 Å². The van der Waals surface area contributed by atoms with Crippen LogP contribution in [0.1, 0.15) is 22.6 Å². The molecule has 0 fully saturated rings. The average molecular weight is 342 g/mol. The van der Waals surface area contributed by atoms with Crippen LogP contribution >= 0.6 is 0 Å². The molecule has 0 unspecified atom stereocenters. The van der Waals surface area contributed by atoms with Crippen LogP contribution in [-0.4, -0.2) is 40.1 Å². The number of nitrogens with one attached hydrogen (secondary N) is 2. The molecule has 0 radical (unpaired) electrons. The van der Waals surface area contributed by atoms with Crippen LogP contribution in [0.15, 0.2) is 55.7 Å². The van der Waals surface area contributed by atoms with Crippen LogP contribution in [0.2, 0.25) is 0 Å². The van der Waals surface area contributed by atoms with Gasteiger partial charge in [0.1, 0.15) is 18.3 Å². The number of aromatic nitrogens is 8. The lowest BCUT2D eigenvalue weighted by molar-refractivity contribution is 0.578. The van der Waals surface area contributed by atoms with E-state index in [2.05, 4.69) is 52.3 Å². The largest absolute Gasteiger partial charge is 0.343 e. The van der Waals surface area contributed by atoms with Crippen LogP contribution in [0.4, 0.5) is 0 Å². The number of hydrogen-bond acceptors (Lipinski definition) is 6. The van der Waals surface area contributed by atoms with Gasteiger partial charge in [0.25, 0.3) is 0 Å². The van der Waals surface area contributed by atoms with Crippen molar-refractivity contribution in [2.24, 2.45) is 0 Å². The fourth-order valence-electron chi connectivity index (χ4n) is 3.43. The summed E-state index contributed by atoms with van der Waals surface area (Å²) in [7, 11) is 0. The lowest BCUT2D eigenvalue weighted by atomic mass is 9.73. The van der Waals surface area contributed by atoms with Crippen molar-refractivity contribution >= 4 is 6.08 Å². The lowest BCUT2D eigenvalue weighted by Gasteiger charge is -2.31. The van der Waals surface area contributed by atoms with E-state index in [-0.39, 0.29) is 0 Å². The minimum Gasteiger partial charge on any atom is -0.343 e. The number of nitrogens with zero attached hydrogens (tertiary/aromatic N) is 6. The molecule has 0 bridgehead atoms. The van der Waals surface area contributed by atoms with Gasteiger partial charge < -0.3 is 4.98 Å². The molecule has 4 aromatic rings. The van der Waals surface area contributed by atoms with Gasteiger partial charge in [-0.3, -0.25) is 5.10 Å². The van der Waals surface area contributed by atoms with Crippen LogP contribution in [0.3, 0.4) is 0 Å². The van der Waals surface area contributed by atoms with Crippen molar-refractivity contribution in [2.75, 3.05) is 0 Å². The zero-order valence-electron chi connectivity index (χ0n) is 13.7.